The molecule has 0 spiro atoms. The Kier molecular flexibility index (Phi) is 6.53. The lowest BCUT2D eigenvalue weighted by Gasteiger charge is -2.15. The smallest absolute Gasteiger partial charge is 0.332 e. The molecule has 0 saturated heterocycles. The minimum absolute atomic E-state index is 0.469. The Morgan fingerprint density at radius 3 is 2.44 bits per heavy atom. The molecule has 0 bridgehead atoms. The Hall–Kier alpha value is -3.89. The van der Waals surface area contributed by atoms with Crippen LogP contribution in [0.2, 0.25) is 0 Å². The van der Waals surface area contributed by atoms with Crippen LogP contribution in [-0.4, -0.2) is 31.3 Å². The van der Waals surface area contributed by atoms with E-state index < -0.39 is 21.3 Å². The fraction of sp³-hybridized carbons (Fsp3) is 0.0833. The average Bonchev–Trinajstić information content (AvgIpc) is 3.32. The summed E-state index contributed by atoms with van der Waals surface area (Å²) in [6.45, 7) is 0. The maximum atomic E-state index is 12.4. The predicted molar refractivity (Wildman–Crippen MR) is 136 cm³/mol. The summed E-state index contributed by atoms with van der Waals surface area (Å²) in [5, 5.41) is 1.95. The van der Waals surface area contributed by atoms with Crippen molar-refractivity contribution in [2.45, 2.75) is 0 Å². The number of ether oxygens (including phenoxy) is 1. The van der Waals surface area contributed by atoms with Gasteiger partial charge in [0, 0.05) is 34.0 Å². The molecule has 0 aliphatic carbocycles. The topological polar surface area (TPSA) is 110 Å². The van der Waals surface area contributed by atoms with E-state index in [1.165, 1.54) is 28.2 Å². The van der Waals surface area contributed by atoms with Crippen molar-refractivity contribution >= 4 is 39.2 Å². The summed E-state index contributed by atoms with van der Waals surface area (Å²) in [5.74, 6) is 0.635. The molecule has 10 heteroatoms. The van der Waals surface area contributed by atoms with Crippen molar-refractivity contribution in [3.63, 3.8) is 0 Å². The Morgan fingerprint density at radius 1 is 1.06 bits per heavy atom. The van der Waals surface area contributed by atoms with Crippen LogP contribution in [0.15, 0.2) is 75.8 Å². The first-order chi connectivity index (χ1) is 16.2. The van der Waals surface area contributed by atoms with Gasteiger partial charge in [0.25, 0.3) is 5.56 Å². The molecule has 174 valence electrons. The molecule has 34 heavy (non-hydrogen) atoms. The van der Waals surface area contributed by atoms with E-state index >= 15 is 0 Å². The minimum Gasteiger partial charge on any atom is -0.495 e. The number of nitrogens with zero attached hydrogens (tertiary/aromatic N) is 1. The standard InChI is InChI=1S/C24H21N3O5S2/c1-32-23-17(8-5-16-6-9-18(10-7-16)26-34(2,30)31)14-19(15-20(23)21-4-3-13-33-21)27-12-11-22(28)25-24(27)29/h3-15,26H,1-2H3,(H,25,28,29)/b8-5+. The number of aromatic nitrogens is 2. The molecule has 0 saturated carbocycles. The highest BCUT2D eigenvalue weighted by Crippen LogP contribution is 2.38. The van der Waals surface area contributed by atoms with Crippen molar-refractivity contribution in [2.24, 2.45) is 0 Å². The van der Waals surface area contributed by atoms with Crippen LogP contribution in [0.3, 0.4) is 0 Å². The molecule has 0 atom stereocenters. The van der Waals surface area contributed by atoms with Crippen molar-refractivity contribution in [2.75, 3.05) is 18.1 Å². The molecular weight excluding hydrogens is 474 g/mol. The highest BCUT2D eigenvalue weighted by atomic mass is 32.2. The zero-order valence-electron chi connectivity index (χ0n) is 18.3. The summed E-state index contributed by atoms with van der Waals surface area (Å²) in [4.78, 5) is 27.2. The fourth-order valence-corrected chi connectivity index (χ4v) is 4.73. The number of hydrogen-bond donors (Lipinski definition) is 2. The van der Waals surface area contributed by atoms with Crippen LogP contribution >= 0.6 is 11.3 Å². The van der Waals surface area contributed by atoms with Gasteiger partial charge in [-0.05, 0) is 41.3 Å². The molecule has 8 nitrogen and oxygen atoms in total. The maximum Gasteiger partial charge on any atom is 0.332 e. The second-order valence-electron chi connectivity index (χ2n) is 7.40. The van der Waals surface area contributed by atoms with Crippen molar-refractivity contribution in [1.29, 1.82) is 0 Å². The number of methoxy groups -OCH3 is 1. The van der Waals surface area contributed by atoms with Gasteiger partial charge in [-0.1, -0.05) is 30.4 Å². The van der Waals surface area contributed by atoms with Crippen molar-refractivity contribution in [3.8, 4) is 21.9 Å². The average molecular weight is 496 g/mol. The third-order valence-electron chi connectivity index (χ3n) is 4.86. The fourth-order valence-electron chi connectivity index (χ4n) is 3.42. The Morgan fingerprint density at radius 2 is 1.82 bits per heavy atom. The lowest BCUT2D eigenvalue weighted by Crippen LogP contribution is -2.27. The van der Waals surface area contributed by atoms with Crippen molar-refractivity contribution in [3.05, 3.63) is 98.1 Å². The summed E-state index contributed by atoms with van der Waals surface area (Å²) in [6, 6.07) is 15.7. The first-order valence-corrected chi connectivity index (χ1v) is 12.8. The number of sulfonamides is 1. The highest BCUT2D eigenvalue weighted by molar-refractivity contribution is 7.92. The molecule has 2 N–H and O–H groups in total. The van der Waals surface area contributed by atoms with E-state index in [2.05, 4.69) is 9.71 Å². The van der Waals surface area contributed by atoms with Gasteiger partial charge in [-0.2, -0.15) is 0 Å². The lowest BCUT2D eigenvalue weighted by molar-refractivity contribution is 0.415. The summed E-state index contributed by atoms with van der Waals surface area (Å²) in [7, 11) is -1.77. The molecule has 0 radical (unpaired) electrons. The molecule has 2 aromatic carbocycles. The number of hydrogen-bond acceptors (Lipinski definition) is 6. The first kappa shape index (κ1) is 23.3. The van der Waals surface area contributed by atoms with Gasteiger partial charge >= 0.3 is 5.69 Å². The SMILES string of the molecule is COc1c(/C=C/c2ccc(NS(C)(=O)=O)cc2)cc(-n2ccc(=O)[nH]c2=O)cc1-c1cccs1. The number of thiophene rings is 1. The van der Waals surface area contributed by atoms with Gasteiger partial charge < -0.3 is 4.74 Å². The van der Waals surface area contributed by atoms with Crippen LogP contribution in [0.4, 0.5) is 5.69 Å². The third kappa shape index (κ3) is 5.36. The third-order valence-corrected chi connectivity index (χ3v) is 6.37. The molecule has 0 aliphatic rings. The van der Waals surface area contributed by atoms with Gasteiger partial charge in [0.15, 0.2) is 0 Å². The molecule has 4 rings (SSSR count). The Bertz CT molecular complexity index is 1570. The van der Waals surface area contributed by atoms with E-state index in [9.17, 15) is 18.0 Å². The maximum absolute atomic E-state index is 12.4. The predicted octanol–water partition coefficient (Wildman–Crippen LogP) is 3.80. The quantitative estimate of drug-likeness (QED) is 0.379. The van der Waals surface area contributed by atoms with Crippen LogP contribution in [0.1, 0.15) is 11.1 Å². The van der Waals surface area contributed by atoms with Crippen molar-refractivity contribution in [1.82, 2.24) is 9.55 Å². The molecule has 0 amide bonds. The van der Waals surface area contributed by atoms with E-state index in [1.54, 1.807) is 37.4 Å². The summed E-state index contributed by atoms with van der Waals surface area (Å²) in [5.41, 5.74) is 2.39. The van der Waals surface area contributed by atoms with Crippen LogP contribution < -0.4 is 20.7 Å². The van der Waals surface area contributed by atoms with Crippen LogP contribution in [-0.2, 0) is 10.0 Å². The molecule has 0 aliphatic heterocycles. The van der Waals surface area contributed by atoms with Crippen LogP contribution in [0.5, 0.6) is 5.75 Å². The van der Waals surface area contributed by atoms with Gasteiger partial charge in [0.1, 0.15) is 5.75 Å². The normalized spacial score (nSPS) is 11.6. The summed E-state index contributed by atoms with van der Waals surface area (Å²) >= 11 is 1.54. The number of H-pyrrole nitrogens is 1. The van der Waals surface area contributed by atoms with Gasteiger partial charge in [-0.15, -0.1) is 11.3 Å². The Labute approximate surface area is 199 Å². The molecular formula is C24H21N3O5S2. The van der Waals surface area contributed by atoms with E-state index in [-0.39, 0.29) is 0 Å². The zero-order valence-corrected chi connectivity index (χ0v) is 19.9. The molecule has 2 heterocycles. The van der Waals surface area contributed by atoms with Gasteiger partial charge in [-0.25, -0.2) is 13.2 Å². The number of anilines is 1. The summed E-state index contributed by atoms with van der Waals surface area (Å²) in [6.07, 6.45) is 6.25. The van der Waals surface area contributed by atoms with E-state index in [0.29, 0.717) is 17.1 Å². The van der Waals surface area contributed by atoms with Gasteiger partial charge in [0.05, 0.1) is 19.1 Å². The Balaban J connectivity index is 1.80. The second kappa shape index (κ2) is 9.54. The van der Waals surface area contributed by atoms with Crippen LogP contribution in [0.25, 0.3) is 28.3 Å². The lowest BCUT2D eigenvalue weighted by atomic mass is 10.0. The second-order valence-corrected chi connectivity index (χ2v) is 10.1. The molecule has 4 aromatic rings. The van der Waals surface area contributed by atoms with Gasteiger partial charge in [-0.3, -0.25) is 19.1 Å². The highest BCUT2D eigenvalue weighted by Gasteiger charge is 2.15. The first-order valence-electron chi connectivity index (χ1n) is 10.1. The zero-order chi connectivity index (χ0) is 24.3. The minimum atomic E-state index is -3.35. The number of benzene rings is 2. The van der Waals surface area contributed by atoms with Gasteiger partial charge in [0.2, 0.25) is 10.0 Å². The van der Waals surface area contributed by atoms with E-state index in [4.69, 9.17) is 4.74 Å². The molecule has 0 fully saturated rings. The number of nitrogens with one attached hydrogen (secondary N) is 2. The number of rotatable bonds is 7. The molecule has 2 aromatic heterocycles. The molecule has 0 unspecified atom stereocenters. The van der Waals surface area contributed by atoms with Crippen LogP contribution in [0, 0.1) is 0 Å². The number of aromatic amines is 1. The van der Waals surface area contributed by atoms with E-state index in [0.717, 1.165) is 27.8 Å². The van der Waals surface area contributed by atoms with Crippen molar-refractivity contribution < 1.29 is 13.2 Å². The largest absolute Gasteiger partial charge is 0.495 e. The monoisotopic (exact) mass is 495 g/mol. The summed E-state index contributed by atoms with van der Waals surface area (Å²) < 4.78 is 32.3. The van der Waals surface area contributed by atoms with E-state index in [1.807, 2.05) is 35.7 Å².